The maximum atomic E-state index is 10.8. The first-order chi connectivity index (χ1) is 7.25. The summed E-state index contributed by atoms with van der Waals surface area (Å²) in [6.45, 7) is 0. The van der Waals surface area contributed by atoms with Gasteiger partial charge in [0.1, 0.15) is 5.75 Å². The van der Waals surface area contributed by atoms with Gasteiger partial charge < -0.3 is 4.74 Å². The van der Waals surface area contributed by atoms with Crippen LogP contribution < -0.4 is 4.74 Å². The van der Waals surface area contributed by atoms with Crippen LogP contribution in [0.4, 0.5) is 0 Å². The van der Waals surface area contributed by atoms with Crippen LogP contribution in [0.3, 0.4) is 0 Å². The highest BCUT2D eigenvalue weighted by atomic mass is 35.5. The molecule has 1 aliphatic rings. The fourth-order valence-corrected chi connectivity index (χ4v) is 1.99. The first-order valence-electron chi connectivity index (χ1n) is 5.22. The Balaban J connectivity index is 2.00. The minimum absolute atomic E-state index is 0.350. The zero-order chi connectivity index (χ0) is 10.7. The Labute approximate surface area is 94.2 Å². The van der Waals surface area contributed by atoms with Gasteiger partial charge in [-0.05, 0) is 61.5 Å². The van der Waals surface area contributed by atoms with Gasteiger partial charge in [-0.2, -0.15) is 0 Å². The summed E-state index contributed by atoms with van der Waals surface area (Å²) in [6, 6.07) is 6.99. The van der Waals surface area contributed by atoms with E-state index in [-0.39, 0.29) is 0 Å². The van der Waals surface area contributed by atoms with Crippen molar-refractivity contribution in [3.05, 3.63) is 29.8 Å². The van der Waals surface area contributed by atoms with Crippen LogP contribution >= 0.6 is 11.6 Å². The second kappa shape index (κ2) is 4.67. The molecule has 0 N–H and O–H groups in total. The third-order valence-electron chi connectivity index (χ3n) is 2.69. The fourth-order valence-electron chi connectivity index (χ4n) is 1.86. The van der Waals surface area contributed by atoms with E-state index in [0.717, 1.165) is 18.6 Å². The summed E-state index contributed by atoms with van der Waals surface area (Å²) < 4.78 is 5.76. The van der Waals surface area contributed by atoms with Gasteiger partial charge in [0.05, 0.1) is 6.10 Å². The van der Waals surface area contributed by atoms with Crippen molar-refractivity contribution in [3.8, 4) is 5.75 Å². The smallest absolute Gasteiger partial charge is 0.252 e. The Morgan fingerprint density at radius 2 is 1.80 bits per heavy atom. The van der Waals surface area contributed by atoms with Crippen LogP contribution in [0.25, 0.3) is 0 Å². The molecule has 0 unspecified atom stereocenters. The number of carbonyl (C=O) groups is 1. The van der Waals surface area contributed by atoms with Crippen LogP contribution in [0.15, 0.2) is 24.3 Å². The van der Waals surface area contributed by atoms with E-state index in [9.17, 15) is 4.79 Å². The average molecular weight is 225 g/mol. The average Bonchev–Trinajstić information content (AvgIpc) is 2.71. The molecule has 2 nitrogen and oxygen atoms in total. The molecule has 1 aliphatic carbocycles. The normalized spacial score (nSPS) is 16.6. The summed E-state index contributed by atoms with van der Waals surface area (Å²) in [6.07, 6.45) is 5.13. The fraction of sp³-hybridized carbons (Fsp3) is 0.417. The first-order valence-corrected chi connectivity index (χ1v) is 5.60. The van der Waals surface area contributed by atoms with Crippen molar-refractivity contribution in [1.82, 2.24) is 0 Å². The molecule has 0 amide bonds. The minimum atomic E-state index is -0.428. The molecule has 0 heterocycles. The van der Waals surface area contributed by atoms with E-state index >= 15 is 0 Å². The second-order valence-electron chi connectivity index (χ2n) is 3.82. The molecule has 1 fully saturated rings. The van der Waals surface area contributed by atoms with Gasteiger partial charge in [0, 0.05) is 5.56 Å². The van der Waals surface area contributed by atoms with E-state index in [0.29, 0.717) is 11.7 Å². The van der Waals surface area contributed by atoms with E-state index in [1.165, 1.54) is 12.8 Å². The molecule has 1 saturated carbocycles. The van der Waals surface area contributed by atoms with Crippen molar-refractivity contribution in [2.75, 3.05) is 0 Å². The third kappa shape index (κ3) is 2.72. The molecule has 0 aliphatic heterocycles. The van der Waals surface area contributed by atoms with Crippen molar-refractivity contribution < 1.29 is 9.53 Å². The minimum Gasteiger partial charge on any atom is -0.490 e. The summed E-state index contributed by atoms with van der Waals surface area (Å²) in [5, 5.41) is -0.428. The Morgan fingerprint density at radius 1 is 1.20 bits per heavy atom. The van der Waals surface area contributed by atoms with Gasteiger partial charge in [-0.15, -0.1) is 0 Å². The molecular weight excluding hydrogens is 212 g/mol. The van der Waals surface area contributed by atoms with Crippen LogP contribution in [0.5, 0.6) is 5.75 Å². The van der Waals surface area contributed by atoms with E-state index < -0.39 is 5.24 Å². The molecule has 15 heavy (non-hydrogen) atoms. The van der Waals surface area contributed by atoms with Gasteiger partial charge >= 0.3 is 0 Å². The Hall–Kier alpha value is -1.02. The highest BCUT2D eigenvalue weighted by molar-refractivity contribution is 6.67. The van der Waals surface area contributed by atoms with Crippen molar-refractivity contribution >= 4 is 16.8 Å². The molecular formula is C12H13ClO2. The molecule has 0 bridgehead atoms. The summed E-state index contributed by atoms with van der Waals surface area (Å²) >= 11 is 5.35. The van der Waals surface area contributed by atoms with Crippen LogP contribution in [0, 0.1) is 0 Å². The largest absolute Gasteiger partial charge is 0.490 e. The van der Waals surface area contributed by atoms with Crippen LogP contribution in [-0.2, 0) is 0 Å². The zero-order valence-electron chi connectivity index (χ0n) is 8.41. The lowest BCUT2D eigenvalue weighted by Crippen LogP contribution is -2.10. The Morgan fingerprint density at radius 3 is 2.33 bits per heavy atom. The van der Waals surface area contributed by atoms with Crippen molar-refractivity contribution in [2.45, 2.75) is 31.8 Å². The maximum Gasteiger partial charge on any atom is 0.252 e. The highest BCUT2D eigenvalue weighted by Gasteiger charge is 2.16. The van der Waals surface area contributed by atoms with E-state index in [4.69, 9.17) is 16.3 Å². The number of benzene rings is 1. The summed E-state index contributed by atoms with van der Waals surface area (Å²) in [4.78, 5) is 10.8. The Kier molecular flexibility index (Phi) is 3.27. The number of carbonyl (C=O) groups excluding carboxylic acids is 1. The SMILES string of the molecule is O=C(Cl)c1ccc(OC2CCCC2)cc1. The molecule has 0 atom stereocenters. The molecule has 2 rings (SSSR count). The van der Waals surface area contributed by atoms with Gasteiger partial charge in [-0.25, -0.2) is 0 Å². The predicted octanol–water partition coefficient (Wildman–Crippen LogP) is 3.39. The predicted molar refractivity (Wildman–Crippen MR) is 59.5 cm³/mol. The molecule has 3 heteroatoms. The second-order valence-corrected chi connectivity index (χ2v) is 4.17. The van der Waals surface area contributed by atoms with Gasteiger partial charge in [-0.1, -0.05) is 0 Å². The molecule has 0 aromatic heterocycles. The third-order valence-corrected chi connectivity index (χ3v) is 2.90. The summed E-state index contributed by atoms with van der Waals surface area (Å²) in [5.41, 5.74) is 0.510. The number of halogens is 1. The van der Waals surface area contributed by atoms with Crippen LogP contribution in [-0.4, -0.2) is 11.3 Å². The molecule has 0 saturated heterocycles. The number of hydrogen-bond donors (Lipinski definition) is 0. The van der Waals surface area contributed by atoms with Gasteiger partial charge in [0.15, 0.2) is 0 Å². The summed E-state index contributed by atoms with van der Waals surface area (Å²) in [7, 11) is 0. The van der Waals surface area contributed by atoms with Crippen molar-refractivity contribution in [3.63, 3.8) is 0 Å². The maximum absolute atomic E-state index is 10.8. The van der Waals surface area contributed by atoms with Gasteiger partial charge in [-0.3, -0.25) is 4.79 Å². The van der Waals surface area contributed by atoms with Gasteiger partial charge in [0.25, 0.3) is 5.24 Å². The lowest BCUT2D eigenvalue weighted by Gasteiger charge is -2.12. The van der Waals surface area contributed by atoms with E-state index in [2.05, 4.69) is 0 Å². The summed E-state index contributed by atoms with van der Waals surface area (Å²) in [5.74, 6) is 0.823. The quantitative estimate of drug-likeness (QED) is 0.736. The topological polar surface area (TPSA) is 26.3 Å². The van der Waals surface area contributed by atoms with Crippen molar-refractivity contribution in [1.29, 1.82) is 0 Å². The molecule has 80 valence electrons. The highest BCUT2D eigenvalue weighted by Crippen LogP contribution is 2.24. The monoisotopic (exact) mass is 224 g/mol. The zero-order valence-corrected chi connectivity index (χ0v) is 9.17. The number of hydrogen-bond acceptors (Lipinski definition) is 2. The lowest BCUT2D eigenvalue weighted by atomic mass is 10.2. The first kappa shape index (κ1) is 10.5. The lowest BCUT2D eigenvalue weighted by molar-refractivity contribution is 0.108. The molecule has 0 spiro atoms. The number of rotatable bonds is 3. The molecule has 0 radical (unpaired) electrons. The van der Waals surface area contributed by atoms with Crippen molar-refractivity contribution in [2.24, 2.45) is 0 Å². The standard InChI is InChI=1S/C12H13ClO2/c13-12(14)9-5-7-11(8-6-9)15-10-3-1-2-4-10/h5-8,10H,1-4H2. The van der Waals surface area contributed by atoms with Gasteiger partial charge in [0.2, 0.25) is 0 Å². The number of ether oxygens (including phenoxy) is 1. The van der Waals surface area contributed by atoms with Crippen LogP contribution in [0.1, 0.15) is 36.0 Å². The van der Waals surface area contributed by atoms with E-state index in [1.807, 2.05) is 0 Å². The van der Waals surface area contributed by atoms with E-state index in [1.54, 1.807) is 24.3 Å². The molecule has 1 aromatic rings. The Bertz CT molecular complexity index is 339. The van der Waals surface area contributed by atoms with Crippen LogP contribution in [0.2, 0.25) is 0 Å². The molecule has 1 aromatic carbocycles.